The molecule has 1 aliphatic heterocycles. The summed E-state index contributed by atoms with van der Waals surface area (Å²) in [6, 6.07) is 0. The number of sulfone groups is 1. The molecule has 1 unspecified atom stereocenters. The van der Waals surface area contributed by atoms with Crippen molar-refractivity contribution in [3.8, 4) is 0 Å². The number of aromatic nitrogens is 3. The third-order valence-corrected chi connectivity index (χ3v) is 5.14. The summed E-state index contributed by atoms with van der Waals surface area (Å²) in [5, 5.41) is 7.10. The van der Waals surface area contributed by atoms with Gasteiger partial charge in [-0.2, -0.15) is 5.10 Å². The first-order chi connectivity index (χ1) is 7.62. The van der Waals surface area contributed by atoms with Crippen LogP contribution in [-0.2, 0) is 16.3 Å². The molecule has 2 heterocycles. The first-order valence-electron chi connectivity index (χ1n) is 5.74. The largest absolute Gasteiger partial charge is 0.263 e. The number of hydrogen-bond acceptors (Lipinski definition) is 4. The van der Waals surface area contributed by atoms with E-state index in [9.17, 15) is 8.42 Å². The van der Waals surface area contributed by atoms with Crippen LogP contribution in [0.25, 0.3) is 0 Å². The van der Waals surface area contributed by atoms with E-state index in [1.54, 1.807) is 0 Å². The standard InChI is InChI=1S/C10H15N3O2S/c14-16(15)4-3-7(6-16)5-9-11-10(13-12-9)8-1-2-8/h7-8H,1-6H2,(H,11,12,13). The second-order valence-electron chi connectivity index (χ2n) is 4.89. The summed E-state index contributed by atoms with van der Waals surface area (Å²) in [6.45, 7) is 0. The van der Waals surface area contributed by atoms with Crippen molar-refractivity contribution in [3.05, 3.63) is 11.6 Å². The summed E-state index contributed by atoms with van der Waals surface area (Å²) >= 11 is 0. The molecule has 3 rings (SSSR count). The molecule has 0 amide bonds. The van der Waals surface area contributed by atoms with Crippen molar-refractivity contribution in [2.24, 2.45) is 5.92 Å². The van der Waals surface area contributed by atoms with Crippen molar-refractivity contribution in [3.63, 3.8) is 0 Å². The van der Waals surface area contributed by atoms with Crippen molar-refractivity contribution in [1.82, 2.24) is 15.2 Å². The topological polar surface area (TPSA) is 75.7 Å². The third kappa shape index (κ3) is 2.11. The Balaban J connectivity index is 1.65. The van der Waals surface area contributed by atoms with Crippen molar-refractivity contribution in [1.29, 1.82) is 0 Å². The van der Waals surface area contributed by atoms with E-state index < -0.39 is 9.84 Å². The zero-order chi connectivity index (χ0) is 11.2. The molecular formula is C10H15N3O2S. The lowest BCUT2D eigenvalue weighted by Crippen LogP contribution is -2.08. The maximum absolute atomic E-state index is 11.3. The van der Waals surface area contributed by atoms with Crippen molar-refractivity contribution in [2.45, 2.75) is 31.6 Å². The van der Waals surface area contributed by atoms with Gasteiger partial charge in [0, 0.05) is 12.3 Å². The van der Waals surface area contributed by atoms with E-state index in [1.807, 2.05) is 0 Å². The van der Waals surface area contributed by atoms with E-state index in [0.29, 0.717) is 17.4 Å². The molecule has 1 saturated carbocycles. The molecule has 0 bridgehead atoms. The highest BCUT2D eigenvalue weighted by Gasteiger charge is 2.30. The monoisotopic (exact) mass is 241 g/mol. The van der Waals surface area contributed by atoms with E-state index in [0.717, 1.165) is 24.5 Å². The number of aromatic amines is 1. The van der Waals surface area contributed by atoms with Crippen LogP contribution in [0, 0.1) is 5.92 Å². The van der Waals surface area contributed by atoms with E-state index in [-0.39, 0.29) is 5.92 Å². The van der Waals surface area contributed by atoms with Crippen LogP contribution in [0.3, 0.4) is 0 Å². The molecule has 0 spiro atoms. The predicted octanol–water partition coefficient (Wildman–Crippen LogP) is 0.659. The van der Waals surface area contributed by atoms with Gasteiger partial charge < -0.3 is 0 Å². The molecule has 2 fully saturated rings. The Bertz CT molecular complexity index is 490. The normalized spacial score (nSPS) is 28.4. The summed E-state index contributed by atoms with van der Waals surface area (Å²) in [7, 11) is -2.77. The molecule has 88 valence electrons. The molecule has 0 aromatic carbocycles. The lowest BCUT2D eigenvalue weighted by Gasteiger charge is -2.02. The maximum Gasteiger partial charge on any atom is 0.153 e. The molecule has 6 heteroatoms. The minimum atomic E-state index is -2.77. The molecular weight excluding hydrogens is 226 g/mol. The Morgan fingerprint density at radius 3 is 2.75 bits per heavy atom. The van der Waals surface area contributed by atoms with Crippen LogP contribution >= 0.6 is 0 Å². The van der Waals surface area contributed by atoms with E-state index in [1.165, 1.54) is 12.8 Å². The quantitative estimate of drug-likeness (QED) is 0.843. The number of rotatable bonds is 3. The van der Waals surface area contributed by atoms with Gasteiger partial charge in [-0.3, -0.25) is 5.10 Å². The summed E-state index contributed by atoms with van der Waals surface area (Å²) in [6.07, 6.45) is 3.87. The average molecular weight is 241 g/mol. The van der Waals surface area contributed by atoms with Gasteiger partial charge in [-0.1, -0.05) is 0 Å². The first-order valence-corrected chi connectivity index (χ1v) is 7.56. The second-order valence-corrected chi connectivity index (χ2v) is 7.12. The van der Waals surface area contributed by atoms with Crippen molar-refractivity contribution >= 4 is 9.84 Å². The molecule has 1 aromatic rings. The van der Waals surface area contributed by atoms with Crippen LogP contribution < -0.4 is 0 Å². The Morgan fingerprint density at radius 1 is 1.31 bits per heavy atom. The van der Waals surface area contributed by atoms with Crippen LogP contribution in [0.2, 0.25) is 0 Å². The fourth-order valence-electron chi connectivity index (χ4n) is 2.23. The summed E-state index contributed by atoms with van der Waals surface area (Å²) in [4.78, 5) is 4.42. The maximum atomic E-state index is 11.3. The minimum absolute atomic E-state index is 0.227. The van der Waals surface area contributed by atoms with Gasteiger partial charge in [0.15, 0.2) is 15.7 Å². The number of nitrogens with one attached hydrogen (secondary N) is 1. The zero-order valence-electron chi connectivity index (χ0n) is 9.02. The number of nitrogens with zero attached hydrogens (tertiary/aromatic N) is 2. The fourth-order valence-corrected chi connectivity index (χ4v) is 4.09. The molecule has 1 aromatic heterocycles. The van der Waals surface area contributed by atoms with E-state index in [4.69, 9.17) is 0 Å². The molecule has 5 nitrogen and oxygen atoms in total. The summed E-state index contributed by atoms with van der Waals surface area (Å²) in [5.74, 6) is 3.19. The Kier molecular flexibility index (Phi) is 2.27. The second kappa shape index (κ2) is 3.55. The molecule has 1 N–H and O–H groups in total. The van der Waals surface area contributed by atoms with Crippen LogP contribution in [0.1, 0.15) is 36.8 Å². The van der Waals surface area contributed by atoms with Crippen LogP contribution in [0.5, 0.6) is 0 Å². The molecule has 16 heavy (non-hydrogen) atoms. The highest BCUT2D eigenvalue weighted by Crippen LogP contribution is 2.37. The SMILES string of the molecule is O=S1(=O)CCC(Cc2nc(C3CC3)n[nH]2)C1. The highest BCUT2D eigenvalue weighted by atomic mass is 32.2. The lowest BCUT2D eigenvalue weighted by atomic mass is 10.1. The van der Waals surface area contributed by atoms with Crippen molar-refractivity contribution < 1.29 is 8.42 Å². The zero-order valence-corrected chi connectivity index (χ0v) is 9.83. The van der Waals surface area contributed by atoms with Crippen LogP contribution in [0.15, 0.2) is 0 Å². The van der Waals surface area contributed by atoms with Crippen molar-refractivity contribution in [2.75, 3.05) is 11.5 Å². The van der Waals surface area contributed by atoms with Crippen LogP contribution in [0.4, 0.5) is 0 Å². The molecule has 0 radical (unpaired) electrons. The van der Waals surface area contributed by atoms with Gasteiger partial charge in [0.05, 0.1) is 11.5 Å². The van der Waals surface area contributed by atoms with E-state index >= 15 is 0 Å². The first kappa shape index (κ1) is 10.3. The average Bonchev–Trinajstić information content (AvgIpc) is 2.88. The summed E-state index contributed by atoms with van der Waals surface area (Å²) < 4.78 is 22.6. The molecule has 1 atom stereocenters. The predicted molar refractivity (Wildman–Crippen MR) is 58.8 cm³/mol. The minimum Gasteiger partial charge on any atom is -0.263 e. The highest BCUT2D eigenvalue weighted by molar-refractivity contribution is 7.91. The van der Waals surface area contributed by atoms with Crippen LogP contribution in [-0.4, -0.2) is 35.1 Å². The molecule has 1 aliphatic carbocycles. The van der Waals surface area contributed by atoms with Gasteiger partial charge in [0.25, 0.3) is 0 Å². The van der Waals surface area contributed by atoms with Gasteiger partial charge in [-0.05, 0) is 25.2 Å². The fraction of sp³-hybridized carbons (Fsp3) is 0.800. The van der Waals surface area contributed by atoms with Gasteiger partial charge in [0.2, 0.25) is 0 Å². The third-order valence-electron chi connectivity index (χ3n) is 3.30. The Morgan fingerprint density at radius 2 is 2.12 bits per heavy atom. The molecule has 2 aliphatic rings. The lowest BCUT2D eigenvalue weighted by molar-refractivity contribution is 0.570. The smallest absolute Gasteiger partial charge is 0.153 e. The number of H-pyrrole nitrogens is 1. The Labute approximate surface area is 94.6 Å². The van der Waals surface area contributed by atoms with E-state index in [2.05, 4.69) is 15.2 Å². The van der Waals surface area contributed by atoms with Gasteiger partial charge in [-0.15, -0.1) is 0 Å². The summed E-state index contributed by atoms with van der Waals surface area (Å²) in [5.41, 5.74) is 0. The number of hydrogen-bond donors (Lipinski definition) is 1. The van der Waals surface area contributed by atoms with Gasteiger partial charge >= 0.3 is 0 Å². The van der Waals surface area contributed by atoms with Gasteiger partial charge in [0.1, 0.15) is 5.82 Å². The molecule has 1 saturated heterocycles. The van der Waals surface area contributed by atoms with Gasteiger partial charge in [-0.25, -0.2) is 13.4 Å². The Hall–Kier alpha value is -0.910.